The van der Waals surface area contributed by atoms with Crippen LogP contribution in [0.3, 0.4) is 0 Å². The number of benzene rings is 1. The summed E-state index contributed by atoms with van der Waals surface area (Å²) in [6.07, 6.45) is 0.877. The number of hydrogen-bond donors (Lipinski definition) is 1. The van der Waals surface area contributed by atoms with Crippen molar-refractivity contribution < 1.29 is 14.3 Å². The second kappa shape index (κ2) is 7.51. The zero-order valence-corrected chi connectivity index (χ0v) is 11.9. The number of carbonyl (C=O) groups is 1. The normalized spacial score (nSPS) is 10.4. The number of anilines is 1. The molecule has 0 aliphatic rings. The van der Waals surface area contributed by atoms with Gasteiger partial charge in [-0.2, -0.15) is 0 Å². The third-order valence-corrected chi connectivity index (χ3v) is 3.84. The molecule has 0 aromatic heterocycles. The van der Waals surface area contributed by atoms with Crippen LogP contribution >= 0.6 is 23.4 Å². The topological polar surface area (TPSA) is 61.5 Å². The molecule has 0 atom stereocenters. The summed E-state index contributed by atoms with van der Waals surface area (Å²) in [6.45, 7) is 0.674. The Labute approximate surface area is 116 Å². The molecule has 0 aliphatic carbocycles. The van der Waals surface area contributed by atoms with E-state index in [4.69, 9.17) is 26.8 Å². The molecule has 0 amide bonds. The molecule has 2 N–H and O–H groups in total. The molecule has 0 radical (unpaired) electrons. The van der Waals surface area contributed by atoms with E-state index in [0.29, 0.717) is 27.8 Å². The second-order valence-electron chi connectivity index (χ2n) is 3.57. The summed E-state index contributed by atoms with van der Waals surface area (Å²) in [7, 11) is 2.99. The van der Waals surface area contributed by atoms with Crippen LogP contribution in [0.15, 0.2) is 17.0 Å². The van der Waals surface area contributed by atoms with E-state index in [0.717, 1.165) is 12.2 Å². The summed E-state index contributed by atoms with van der Waals surface area (Å²) in [4.78, 5) is 12.4. The van der Waals surface area contributed by atoms with Crippen LogP contribution in [-0.4, -0.2) is 32.5 Å². The molecule has 1 rings (SSSR count). The molecule has 1 aromatic rings. The number of ether oxygens (including phenoxy) is 2. The van der Waals surface area contributed by atoms with Crippen molar-refractivity contribution in [3.05, 3.63) is 22.7 Å². The molecule has 0 spiro atoms. The van der Waals surface area contributed by atoms with Gasteiger partial charge in [-0.25, -0.2) is 4.79 Å². The Bertz CT molecular complexity index is 426. The molecule has 0 saturated heterocycles. The van der Waals surface area contributed by atoms with Crippen LogP contribution in [0.2, 0.25) is 5.02 Å². The summed E-state index contributed by atoms with van der Waals surface area (Å²) < 4.78 is 9.69. The zero-order chi connectivity index (χ0) is 13.5. The van der Waals surface area contributed by atoms with Gasteiger partial charge in [-0.15, -0.1) is 11.8 Å². The predicted molar refractivity (Wildman–Crippen MR) is 74.4 cm³/mol. The van der Waals surface area contributed by atoms with Crippen LogP contribution in [0.4, 0.5) is 5.69 Å². The van der Waals surface area contributed by atoms with Crippen LogP contribution in [0.5, 0.6) is 0 Å². The van der Waals surface area contributed by atoms with Gasteiger partial charge in [0.2, 0.25) is 0 Å². The number of nitrogens with two attached hydrogens (primary N) is 1. The minimum absolute atomic E-state index is 0.407. The molecule has 0 saturated carbocycles. The van der Waals surface area contributed by atoms with Gasteiger partial charge in [0.05, 0.1) is 17.7 Å². The van der Waals surface area contributed by atoms with Crippen LogP contribution in [-0.2, 0) is 9.47 Å². The fourth-order valence-electron chi connectivity index (χ4n) is 1.40. The quantitative estimate of drug-likeness (QED) is 0.378. The Morgan fingerprint density at radius 3 is 2.78 bits per heavy atom. The van der Waals surface area contributed by atoms with Crippen molar-refractivity contribution in [3.63, 3.8) is 0 Å². The predicted octanol–water partition coefficient (Wildman–Crippen LogP) is 2.84. The zero-order valence-electron chi connectivity index (χ0n) is 10.4. The molecule has 0 aliphatic heterocycles. The average Bonchev–Trinajstić information content (AvgIpc) is 2.35. The first-order valence-electron chi connectivity index (χ1n) is 5.39. The molecule has 0 unspecified atom stereocenters. The van der Waals surface area contributed by atoms with E-state index in [2.05, 4.69) is 0 Å². The van der Waals surface area contributed by atoms with Gasteiger partial charge >= 0.3 is 5.97 Å². The summed E-state index contributed by atoms with van der Waals surface area (Å²) in [5.41, 5.74) is 6.53. The highest BCUT2D eigenvalue weighted by molar-refractivity contribution is 7.99. The van der Waals surface area contributed by atoms with E-state index in [1.165, 1.54) is 18.9 Å². The monoisotopic (exact) mass is 289 g/mol. The highest BCUT2D eigenvalue weighted by Gasteiger charge is 2.16. The van der Waals surface area contributed by atoms with Gasteiger partial charge in [-0.1, -0.05) is 11.6 Å². The lowest BCUT2D eigenvalue weighted by Crippen LogP contribution is -2.05. The van der Waals surface area contributed by atoms with Gasteiger partial charge in [0.1, 0.15) is 0 Å². The summed E-state index contributed by atoms with van der Waals surface area (Å²) in [6, 6.07) is 3.21. The van der Waals surface area contributed by atoms with Crippen molar-refractivity contribution in [2.24, 2.45) is 0 Å². The van der Waals surface area contributed by atoms with Crippen molar-refractivity contribution in [2.45, 2.75) is 11.3 Å². The van der Waals surface area contributed by atoms with Gasteiger partial charge in [0, 0.05) is 30.1 Å². The molecule has 6 heteroatoms. The Morgan fingerprint density at radius 1 is 1.44 bits per heavy atom. The smallest absolute Gasteiger partial charge is 0.339 e. The van der Waals surface area contributed by atoms with Gasteiger partial charge in [-0.05, 0) is 18.6 Å². The third kappa shape index (κ3) is 4.08. The first-order valence-corrected chi connectivity index (χ1v) is 6.75. The van der Waals surface area contributed by atoms with E-state index in [1.807, 2.05) is 0 Å². The van der Waals surface area contributed by atoms with Crippen LogP contribution in [0.1, 0.15) is 16.8 Å². The van der Waals surface area contributed by atoms with Gasteiger partial charge in [0.25, 0.3) is 0 Å². The Morgan fingerprint density at radius 2 is 2.17 bits per heavy atom. The third-order valence-electron chi connectivity index (χ3n) is 2.21. The fourth-order valence-corrected chi connectivity index (χ4v) is 2.75. The van der Waals surface area contributed by atoms with E-state index in [9.17, 15) is 4.79 Å². The summed E-state index contributed by atoms with van der Waals surface area (Å²) >= 11 is 7.61. The highest BCUT2D eigenvalue weighted by Crippen LogP contribution is 2.33. The number of carbonyl (C=O) groups excluding carboxylic acids is 1. The number of hydrogen-bond acceptors (Lipinski definition) is 5. The number of rotatable bonds is 6. The largest absolute Gasteiger partial charge is 0.465 e. The molecule has 1 aromatic carbocycles. The molecule has 4 nitrogen and oxygen atoms in total. The maximum atomic E-state index is 11.7. The number of esters is 1. The van der Waals surface area contributed by atoms with Crippen LogP contribution in [0.25, 0.3) is 0 Å². The second-order valence-corrected chi connectivity index (χ2v) is 5.08. The maximum Gasteiger partial charge on any atom is 0.339 e. The summed E-state index contributed by atoms with van der Waals surface area (Å²) in [5, 5.41) is 0.470. The minimum atomic E-state index is -0.432. The lowest BCUT2D eigenvalue weighted by Gasteiger charge is -2.10. The first-order chi connectivity index (χ1) is 8.60. The van der Waals surface area contributed by atoms with Crippen molar-refractivity contribution in [1.29, 1.82) is 0 Å². The Hall–Kier alpha value is -0.910. The first kappa shape index (κ1) is 15.1. The lowest BCUT2D eigenvalue weighted by atomic mass is 10.2. The minimum Gasteiger partial charge on any atom is -0.465 e. The molecular weight excluding hydrogens is 274 g/mol. The molecule has 0 fully saturated rings. The van der Waals surface area contributed by atoms with Gasteiger partial charge < -0.3 is 15.2 Å². The van der Waals surface area contributed by atoms with Crippen molar-refractivity contribution >= 4 is 35.0 Å². The highest BCUT2D eigenvalue weighted by atomic mass is 35.5. The van der Waals surface area contributed by atoms with Crippen molar-refractivity contribution in [3.8, 4) is 0 Å². The fraction of sp³-hybridized carbons (Fsp3) is 0.417. The van der Waals surface area contributed by atoms with E-state index in [-0.39, 0.29) is 0 Å². The molecule has 100 valence electrons. The molecule has 0 bridgehead atoms. The maximum absolute atomic E-state index is 11.7. The Kier molecular flexibility index (Phi) is 6.32. The molecule has 0 heterocycles. The molecular formula is C12H16ClNO3S. The SMILES string of the molecule is COCCCSc1c(Cl)cc(N)cc1C(=O)OC. The Balaban J connectivity index is 2.90. The van der Waals surface area contributed by atoms with Gasteiger partial charge in [-0.3, -0.25) is 0 Å². The van der Waals surface area contributed by atoms with Crippen molar-refractivity contribution in [2.75, 3.05) is 32.3 Å². The van der Waals surface area contributed by atoms with Crippen molar-refractivity contribution in [1.82, 2.24) is 0 Å². The van der Waals surface area contributed by atoms with Gasteiger partial charge in [0.15, 0.2) is 0 Å². The van der Waals surface area contributed by atoms with E-state index < -0.39 is 5.97 Å². The van der Waals surface area contributed by atoms with E-state index in [1.54, 1.807) is 19.2 Å². The van der Waals surface area contributed by atoms with Crippen LogP contribution < -0.4 is 5.73 Å². The molecule has 18 heavy (non-hydrogen) atoms. The standard InChI is InChI=1S/C12H16ClNO3S/c1-16-4-3-5-18-11-9(12(15)17-2)6-8(14)7-10(11)13/h6-7H,3-5,14H2,1-2H3. The number of thioether (sulfide) groups is 1. The number of nitrogen functional groups attached to an aromatic ring is 1. The van der Waals surface area contributed by atoms with E-state index >= 15 is 0 Å². The van der Waals surface area contributed by atoms with Crippen LogP contribution in [0, 0.1) is 0 Å². The lowest BCUT2D eigenvalue weighted by molar-refractivity contribution is 0.0597. The summed E-state index contributed by atoms with van der Waals surface area (Å²) in [5.74, 6) is 0.375. The number of halogens is 1. The number of methoxy groups -OCH3 is 2. The average molecular weight is 290 g/mol.